The minimum Gasteiger partial charge on any atom is -0.378 e. The van der Waals surface area contributed by atoms with E-state index in [-0.39, 0.29) is 12.2 Å². The van der Waals surface area contributed by atoms with Crippen LogP contribution in [0.15, 0.2) is 30.5 Å². The number of hydrogen-bond donors (Lipinski definition) is 0. The van der Waals surface area contributed by atoms with Crippen LogP contribution in [0, 0.1) is 17.2 Å². The van der Waals surface area contributed by atoms with E-state index in [2.05, 4.69) is 36.7 Å². The average molecular weight is 339 g/mol. The van der Waals surface area contributed by atoms with Gasteiger partial charge >= 0.3 is 0 Å². The number of morpholine rings is 1. The largest absolute Gasteiger partial charge is 0.378 e. The Labute approximate surface area is 149 Å². The molecule has 1 fully saturated rings. The molecule has 1 aliphatic rings. The Kier molecular flexibility index (Phi) is 5.52. The van der Waals surface area contributed by atoms with Crippen molar-refractivity contribution in [3.05, 3.63) is 36.0 Å². The fourth-order valence-electron chi connectivity index (χ4n) is 3.29. The maximum atomic E-state index is 9.32. The number of ether oxygens (including phenoxy) is 2. The van der Waals surface area contributed by atoms with Crippen LogP contribution in [0.1, 0.15) is 26.3 Å². The summed E-state index contributed by atoms with van der Waals surface area (Å²) in [6.07, 6.45) is 1.91. The second-order valence-electron chi connectivity index (χ2n) is 7.05. The monoisotopic (exact) mass is 339 g/mol. The maximum Gasteiger partial charge on any atom is 0.101 e. The third-order valence-electron chi connectivity index (χ3n) is 4.29. The van der Waals surface area contributed by atoms with Gasteiger partial charge in [0.1, 0.15) is 6.07 Å². The van der Waals surface area contributed by atoms with Gasteiger partial charge in [-0.15, -0.1) is 0 Å². The van der Waals surface area contributed by atoms with E-state index in [1.165, 1.54) is 0 Å². The first-order chi connectivity index (χ1) is 12.1. The zero-order chi connectivity index (χ0) is 17.8. The van der Waals surface area contributed by atoms with Crippen molar-refractivity contribution in [3.63, 3.8) is 0 Å². The van der Waals surface area contributed by atoms with E-state index < -0.39 is 0 Å². The summed E-state index contributed by atoms with van der Waals surface area (Å²) < 4.78 is 11.8. The quantitative estimate of drug-likeness (QED) is 0.836. The summed E-state index contributed by atoms with van der Waals surface area (Å²) in [6, 6.07) is 10.1. The van der Waals surface area contributed by atoms with Crippen LogP contribution >= 0.6 is 0 Å². The van der Waals surface area contributed by atoms with Crippen molar-refractivity contribution in [2.24, 2.45) is 5.92 Å². The van der Waals surface area contributed by atoms with Gasteiger partial charge in [0, 0.05) is 37.0 Å². The van der Waals surface area contributed by atoms with E-state index in [1.54, 1.807) is 6.20 Å². The molecule has 0 bridgehead atoms. The minimum atomic E-state index is 0.0462. The third-order valence-corrected chi connectivity index (χ3v) is 4.29. The molecule has 1 aromatic heterocycles. The van der Waals surface area contributed by atoms with Gasteiger partial charge in [-0.2, -0.15) is 5.26 Å². The molecule has 5 heteroatoms. The number of fused-ring (bicyclic) bond motifs is 1. The molecule has 1 aliphatic heterocycles. The Hall–Kier alpha value is -2.16. The van der Waals surface area contributed by atoms with Crippen LogP contribution in [0.3, 0.4) is 0 Å². The standard InChI is InChI=1S/C20H25N3O2/c1-14(2)12-24-13-17-11-23(10-15(3)25-17)19-7-6-16(9-21)20-18(19)5-4-8-22-20/h4-8,14-15,17H,10-13H2,1-3H3/t15-,17-/m1/s1. The number of nitrogens with zero attached hydrogens (tertiary/aromatic N) is 3. The van der Waals surface area contributed by atoms with E-state index in [0.717, 1.165) is 36.3 Å². The normalized spacial score (nSPS) is 20.8. The molecule has 3 rings (SSSR count). The summed E-state index contributed by atoms with van der Waals surface area (Å²) in [4.78, 5) is 6.73. The van der Waals surface area contributed by atoms with E-state index in [0.29, 0.717) is 18.1 Å². The van der Waals surface area contributed by atoms with Gasteiger partial charge < -0.3 is 14.4 Å². The molecule has 132 valence electrons. The molecule has 1 saturated heterocycles. The van der Waals surface area contributed by atoms with Crippen molar-refractivity contribution in [1.29, 1.82) is 5.26 Å². The van der Waals surface area contributed by atoms with Gasteiger partial charge in [-0.05, 0) is 37.1 Å². The van der Waals surface area contributed by atoms with E-state index in [4.69, 9.17) is 9.47 Å². The first-order valence-corrected chi connectivity index (χ1v) is 8.84. The van der Waals surface area contributed by atoms with Crippen LogP contribution < -0.4 is 4.90 Å². The van der Waals surface area contributed by atoms with Crippen molar-refractivity contribution in [2.45, 2.75) is 33.0 Å². The lowest BCUT2D eigenvalue weighted by molar-refractivity contribution is -0.0633. The van der Waals surface area contributed by atoms with Crippen molar-refractivity contribution >= 4 is 16.6 Å². The predicted molar refractivity (Wildman–Crippen MR) is 98.7 cm³/mol. The molecule has 0 radical (unpaired) electrons. The molecule has 0 aliphatic carbocycles. The number of hydrogen-bond acceptors (Lipinski definition) is 5. The highest BCUT2D eigenvalue weighted by molar-refractivity contribution is 5.95. The van der Waals surface area contributed by atoms with Crippen LogP contribution in [0.5, 0.6) is 0 Å². The zero-order valence-corrected chi connectivity index (χ0v) is 15.1. The summed E-state index contributed by atoms with van der Waals surface area (Å²) in [5.41, 5.74) is 2.47. The van der Waals surface area contributed by atoms with Gasteiger partial charge in [0.05, 0.1) is 29.9 Å². The van der Waals surface area contributed by atoms with Gasteiger partial charge in [-0.1, -0.05) is 13.8 Å². The summed E-state index contributed by atoms with van der Waals surface area (Å²) in [5.74, 6) is 0.519. The molecule has 0 amide bonds. The highest BCUT2D eigenvalue weighted by Gasteiger charge is 2.27. The Morgan fingerprint density at radius 3 is 2.96 bits per heavy atom. The number of benzene rings is 1. The second kappa shape index (κ2) is 7.81. The summed E-state index contributed by atoms with van der Waals surface area (Å²) in [5, 5.41) is 10.3. The smallest absolute Gasteiger partial charge is 0.101 e. The fourth-order valence-corrected chi connectivity index (χ4v) is 3.29. The van der Waals surface area contributed by atoms with Crippen LogP contribution in [0.4, 0.5) is 5.69 Å². The molecule has 25 heavy (non-hydrogen) atoms. The summed E-state index contributed by atoms with van der Waals surface area (Å²) >= 11 is 0. The molecule has 0 spiro atoms. The van der Waals surface area contributed by atoms with Crippen LogP contribution in [-0.2, 0) is 9.47 Å². The van der Waals surface area contributed by atoms with E-state index in [9.17, 15) is 5.26 Å². The van der Waals surface area contributed by atoms with Gasteiger partial charge in [0.15, 0.2) is 0 Å². The average Bonchev–Trinajstić information content (AvgIpc) is 2.60. The number of pyridine rings is 1. The fraction of sp³-hybridized carbons (Fsp3) is 0.500. The molecule has 2 heterocycles. The zero-order valence-electron chi connectivity index (χ0n) is 15.1. The Bertz CT molecular complexity index is 769. The summed E-state index contributed by atoms with van der Waals surface area (Å²) in [7, 11) is 0. The first-order valence-electron chi connectivity index (χ1n) is 8.84. The molecule has 2 atom stereocenters. The minimum absolute atomic E-state index is 0.0462. The highest BCUT2D eigenvalue weighted by atomic mass is 16.5. The molecular formula is C20H25N3O2. The Morgan fingerprint density at radius 1 is 1.36 bits per heavy atom. The lowest BCUT2D eigenvalue weighted by atomic mass is 10.1. The van der Waals surface area contributed by atoms with Gasteiger partial charge in [-0.3, -0.25) is 4.98 Å². The molecular weight excluding hydrogens is 314 g/mol. The Morgan fingerprint density at radius 2 is 2.20 bits per heavy atom. The third kappa shape index (κ3) is 4.09. The lowest BCUT2D eigenvalue weighted by Crippen LogP contribution is -2.48. The molecule has 0 N–H and O–H groups in total. The Balaban J connectivity index is 1.83. The number of rotatable bonds is 5. The molecule has 0 unspecified atom stereocenters. The lowest BCUT2D eigenvalue weighted by Gasteiger charge is -2.38. The number of nitriles is 1. The van der Waals surface area contributed by atoms with Crippen molar-refractivity contribution in [2.75, 3.05) is 31.2 Å². The van der Waals surface area contributed by atoms with E-state index in [1.807, 2.05) is 24.3 Å². The van der Waals surface area contributed by atoms with Crippen LogP contribution in [0.25, 0.3) is 10.9 Å². The van der Waals surface area contributed by atoms with Crippen molar-refractivity contribution < 1.29 is 9.47 Å². The molecule has 1 aromatic carbocycles. The maximum absolute atomic E-state index is 9.32. The highest BCUT2D eigenvalue weighted by Crippen LogP contribution is 2.30. The van der Waals surface area contributed by atoms with Crippen LogP contribution in [0.2, 0.25) is 0 Å². The van der Waals surface area contributed by atoms with Gasteiger partial charge in [-0.25, -0.2) is 0 Å². The number of aromatic nitrogens is 1. The predicted octanol–water partition coefficient (Wildman–Crippen LogP) is 3.37. The molecule has 2 aromatic rings. The van der Waals surface area contributed by atoms with E-state index >= 15 is 0 Å². The topological polar surface area (TPSA) is 58.4 Å². The van der Waals surface area contributed by atoms with Crippen LogP contribution in [-0.4, -0.2) is 43.5 Å². The van der Waals surface area contributed by atoms with Crippen molar-refractivity contribution in [3.8, 4) is 6.07 Å². The molecule has 0 saturated carbocycles. The van der Waals surface area contributed by atoms with Gasteiger partial charge in [0.2, 0.25) is 0 Å². The first kappa shape index (κ1) is 17.7. The molecule has 5 nitrogen and oxygen atoms in total. The van der Waals surface area contributed by atoms with Gasteiger partial charge in [0.25, 0.3) is 0 Å². The van der Waals surface area contributed by atoms with Crippen molar-refractivity contribution in [1.82, 2.24) is 4.98 Å². The summed E-state index contributed by atoms with van der Waals surface area (Å²) in [6.45, 7) is 9.32. The second-order valence-corrected chi connectivity index (χ2v) is 7.05. The number of anilines is 1. The SMILES string of the molecule is CC(C)COC[C@H]1CN(c2ccc(C#N)c3ncccc23)C[C@@H](C)O1.